The van der Waals surface area contributed by atoms with E-state index in [9.17, 15) is 55.5 Å². The van der Waals surface area contributed by atoms with E-state index in [2.05, 4.69) is 0 Å². The van der Waals surface area contributed by atoms with Gasteiger partial charge >= 0.3 is 29.6 Å². The standard InChI is InChI=1S/C30H50NO17.Na/c1-12-19(35)21(37)22(38)29(43-12)48-25-18(31(3)13(2)34)28(42)45-17(11-33)24(25)47-30-23(39)26(20(36)16(10-32)46-30)44-15(27(40)41)9-14-7-5-4-6-8-14;/h12,14-26,28-30,32-33,35-39H,4-11H2,1-3H3,(H,40,41);/q-1;+1/p-1/t12-,15-,16+,17+,18+,19+,20-,21+,22-,23+,24+,25+,26-,28?,29-,30-;/m0./s1. The van der Waals surface area contributed by atoms with Crippen molar-refractivity contribution < 1.29 is 114 Å². The van der Waals surface area contributed by atoms with Gasteiger partial charge in [-0.25, -0.2) is 0 Å². The number of hydrogen-bond acceptors (Lipinski definition) is 17. The first-order chi connectivity index (χ1) is 22.7. The van der Waals surface area contributed by atoms with Crippen LogP contribution in [0.2, 0.25) is 0 Å². The second-order valence-electron chi connectivity index (χ2n) is 13.1. The zero-order chi connectivity index (χ0) is 35.4. The second kappa shape index (κ2) is 18.9. The maximum absolute atomic E-state index is 13.3. The summed E-state index contributed by atoms with van der Waals surface area (Å²) in [4.78, 5) is 25.5. The van der Waals surface area contributed by atoms with Crippen LogP contribution < -0.4 is 39.8 Å². The summed E-state index contributed by atoms with van der Waals surface area (Å²) in [6.07, 6.45) is -20.4. The number of ether oxygens (including phenoxy) is 6. The molecular weight excluding hydrogens is 669 g/mol. The van der Waals surface area contributed by atoms with Crippen molar-refractivity contribution in [1.29, 1.82) is 0 Å². The number of rotatable bonds is 12. The number of carboxylic acids is 1. The van der Waals surface area contributed by atoms with Crippen LogP contribution >= 0.6 is 0 Å². The Morgan fingerprint density at radius 1 is 0.816 bits per heavy atom. The molecule has 49 heavy (non-hydrogen) atoms. The van der Waals surface area contributed by atoms with E-state index >= 15 is 0 Å². The smallest absolute Gasteiger partial charge is 0.829 e. The number of carbonyl (C=O) groups excluding carboxylic acids is 2. The summed E-state index contributed by atoms with van der Waals surface area (Å²) in [7, 11) is 1.26. The van der Waals surface area contributed by atoms with Gasteiger partial charge in [0.2, 0.25) is 5.91 Å². The Morgan fingerprint density at radius 2 is 1.41 bits per heavy atom. The van der Waals surface area contributed by atoms with Gasteiger partial charge in [-0.2, -0.15) is 0 Å². The van der Waals surface area contributed by atoms with Crippen LogP contribution in [0.15, 0.2) is 0 Å². The number of hydrogen-bond donors (Lipinski definition) is 7. The predicted octanol–water partition coefficient (Wildman–Crippen LogP) is -8.57. The number of likely N-dealkylation sites (N-methyl/N-ethyl adjacent to an activating group) is 1. The van der Waals surface area contributed by atoms with Gasteiger partial charge in [-0.3, -0.25) is 4.79 Å². The van der Waals surface area contributed by atoms with E-state index < -0.39 is 123 Å². The van der Waals surface area contributed by atoms with Gasteiger partial charge in [0.15, 0.2) is 12.6 Å². The molecule has 4 fully saturated rings. The van der Waals surface area contributed by atoms with Crippen molar-refractivity contribution in [2.75, 3.05) is 20.3 Å². The molecule has 1 unspecified atom stereocenters. The molecule has 16 atom stereocenters. The fourth-order valence-corrected chi connectivity index (χ4v) is 6.86. The molecule has 0 aromatic rings. The summed E-state index contributed by atoms with van der Waals surface area (Å²) in [5.74, 6) is -2.18. The number of aliphatic hydroxyl groups excluding tert-OH is 7. The zero-order valence-corrected chi connectivity index (χ0v) is 30.1. The van der Waals surface area contributed by atoms with Gasteiger partial charge in [0, 0.05) is 20.3 Å². The molecule has 0 aromatic heterocycles. The van der Waals surface area contributed by atoms with Gasteiger partial charge < -0.3 is 84.1 Å². The topological polar surface area (TPSA) is 280 Å². The molecule has 0 aromatic carbocycles. The van der Waals surface area contributed by atoms with Gasteiger partial charge in [0.1, 0.15) is 61.0 Å². The van der Waals surface area contributed by atoms with Crippen LogP contribution in [0.3, 0.4) is 0 Å². The molecule has 0 spiro atoms. The van der Waals surface area contributed by atoms with Crippen molar-refractivity contribution in [2.24, 2.45) is 5.92 Å². The van der Waals surface area contributed by atoms with E-state index in [1.807, 2.05) is 0 Å². The van der Waals surface area contributed by atoms with Crippen molar-refractivity contribution in [3.05, 3.63) is 0 Å². The third kappa shape index (κ3) is 9.88. The van der Waals surface area contributed by atoms with E-state index in [1.54, 1.807) is 0 Å². The van der Waals surface area contributed by atoms with Crippen LogP contribution in [0.1, 0.15) is 52.4 Å². The van der Waals surface area contributed by atoms with Crippen LogP contribution in [-0.2, 0) is 38.0 Å². The number of aliphatic carboxylic acids is 1. The third-order valence-electron chi connectivity index (χ3n) is 9.81. The molecule has 3 aliphatic heterocycles. The van der Waals surface area contributed by atoms with Gasteiger partial charge in [-0.15, -0.1) is 0 Å². The van der Waals surface area contributed by atoms with Crippen molar-refractivity contribution in [3.8, 4) is 0 Å². The zero-order valence-electron chi connectivity index (χ0n) is 28.1. The van der Waals surface area contributed by atoms with E-state index in [4.69, 9.17) is 28.4 Å². The first-order valence-electron chi connectivity index (χ1n) is 16.3. The Balaban J connectivity index is 0.00000650. The normalized spacial score (nSPS) is 42.6. The molecular formula is C30H49NNaO17-. The van der Waals surface area contributed by atoms with Gasteiger partial charge in [-0.05, 0) is 19.3 Å². The molecule has 3 heterocycles. The van der Waals surface area contributed by atoms with Gasteiger partial charge in [0.25, 0.3) is 0 Å². The molecule has 19 heteroatoms. The molecule has 0 radical (unpaired) electrons. The molecule has 4 rings (SSSR count). The molecule has 1 aliphatic carbocycles. The minimum Gasteiger partial charge on any atom is -0.829 e. The summed E-state index contributed by atoms with van der Waals surface area (Å²) < 4.78 is 34.4. The van der Waals surface area contributed by atoms with Crippen LogP contribution in [0.5, 0.6) is 0 Å². The Hall–Kier alpha value is -0.620. The van der Waals surface area contributed by atoms with Crippen LogP contribution in [0.4, 0.5) is 0 Å². The fourth-order valence-electron chi connectivity index (χ4n) is 6.86. The first kappa shape index (κ1) is 42.8. The van der Waals surface area contributed by atoms with E-state index in [0.29, 0.717) is 0 Å². The molecule has 278 valence electrons. The summed E-state index contributed by atoms with van der Waals surface area (Å²) in [5, 5.41) is 99.1. The summed E-state index contributed by atoms with van der Waals surface area (Å²) in [6.45, 7) is 0.848. The van der Waals surface area contributed by atoms with E-state index in [0.717, 1.165) is 43.9 Å². The van der Waals surface area contributed by atoms with Crippen LogP contribution in [0, 0.1) is 5.92 Å². The van der Waals surface area contributed by atoms with Crippen LogP contribution in [-0.4, -0.2) is 171 Å². The quantitative estimate of drug-likeness (QED) is 0.0923. The number of aliphatic hydroxyl groups is 7. The minimum atomic E-state index is -2.06. The minimum absolute atomic E-state index is 0. The van der Waals surface area contributed by atoms with Crippen LogP contribution in [0.25, 0.3) is 0 Å². The maximum Gasteiger partial charge on any atom is 1.00 e. The van der Waals surface area contributed by atoms with E-state index in [-0.39, 0.29) is 41.9 Å². The Labute approximate surface area is 306 Å². The Kier molecular flexibility index (Phi) is 16.5. The average molecular weight is 719 g/mol. The Bertz CT molecular complexity index is 1060. The second-order valence-corrected chi connectivity index (χ2v) is 13.1. The number of amides is 1. The molecule has 7 N–H and O–H groups in total. The SMILES string of the molecule is CC(=O)N(C)[C@H]1C([O-])O[C@H](CO)[C@@H](O[C@@H]2O[C@H](CO)[C@H](O)[C@H](O[C@@H](CC3CCCCC3)C(=O)[O-])[C@H]2O)[C@@H]1O[C@@H]1O[C@@H](C)[C@@H](O)[C@@H](O)[C@@H]1O.[Na+]. The van der Waals surface area contributed by atoms with Gasteiger partial charge in [0.05, 0.1) is 37.4 Å². The average Bonchev–Trinajstić information content (AvgIpc) is 3.05. The summed E-state index contributed by atoms with van der Waals surface area (Å²) in [5.41, 5.74) is 0. The fraction of sp³-hybridized carbons (Fsp3) is 0.933. The molecule has 18 nitrogen and oxygen atoms in total. The number of carboxylic acid groups (broad SMARTS) is 1. The summed E-state index contributed by atoms with van der Waals surface area (Å²) in [6, 6.07) is -1.53. The number of carbonyl (C=O) groups is 2. The largest absolute Gasteiger partial charge is 1.00 e. The maximum atomic E-state index is 13.3. The molecule has 1 amide bonds. The predicted molar refractivity (Wildman–Crippen MR) is 153 cm³/mol. The van der Waals surface area contributed by atoms with Crippen molar-refractivity contribution in [3.63, 3.8) is 0 Å². The van der Waals surface area contributed by atoms with Crippen molar-refractivity contribution >= 4 is 11.9 Å². The molecule has 3 saturated heterocycles. The first-order valence-corrected chi connectivity index (χ1v) is 16.3. The van der Waals surface area contributed by atoms with Crippen molar-refractivity contribution in [1.82, 2.24) is 4.90 Å². The van der Waals surface area contributed by atoms with E-state index in [1.165, 1.54) is 14.0 Å². The molecule has 4 aliphatic rings. The third-order valence-corrected chi connectivity index (χ3v) is 9.81. The molecule has 1 saturated carbocycles. The molecule has 0 bridgehead atoms. The Morgan fingerprint density at radius 3 is 1.98 bits per heavy atom. The van der Waals surface area contributed by atoms with Gasteiger partial charge in [-0.1, -0.05) is 32.1 Å². The number of nitrogens with zero attached hydrogens (tertiary/aromatic N) is 1. The summed E-state index contributed by atoms with van der Waals surface area (Å²) >= 11 is 0. The van der Waals surface area contributed by atoms with Crippen molar-refractivity contribution in [2.45, 2.75) is 151 Å². The monoisotopic (exact) mass is 718 g/mol.